The molecule has 336 valence electrons. The van der Waals surface area contributed by atoms with Gasteiger partial charge in [0.15, 0.2) is 0 Å². The van der Waals surface area contributed by atoms with Crippen LogP contribution in [0.2, 0.25) is 0 Å². The Morgan fingerprint density at radius 1 is 0.333 bits per heavy atom. The van der Waals surface area contributed by atoms with E-state index in [1.165, 1.54) is 66.8 Å². The van der Waals surface area contributed by atoms with Crippen LogP contribution in [0.15, 0.2) is 237 Å². The van der Waals surface area contributed by atoms with E-state index >= 15 is 0 Å². The van der Waals surface area contributed by atoms with Crippen molar-refractivity contribution in [1.82, 2.24) is 0 Å². The lowest BCUT2D eigenvalue weighted by Gasteiger charge is -2.42. The highest BCUT2D eigenvalue weighted by atomic mass is 15.2. The number of anilines is 5. The molecule has 0 radical (unpaired) electrons. The van der Waals surface area contributed by atoms with Crippen LogP contribution in [-0.2, 0) is 0 Å². The van der Waals surface area contributed by atoms with E-state index in [1.54, 1.807) is 0 Å². The first kappa shape index (κ1) is 44.6. The molecule has 2 nitrogen and oxygen atoms in total. The van der Waals surface area contributed by atoms with Gasteiger partial charge in [-0.2, -0.15) is 0 Å². The van der Waals surface area contributed by atoms with Gasteiger partial charge in [0.05, 0.1) is 5.54 Å². The zero-order valence-corrected chi connectivity index (χ0v) is 40.3. The van der Waals surface area contributed by atoms with Gasteiger partial charge >= 0.3 is 0 Å². The molecule has 1 aliphatic carbocycles. The van der Waals surface area contributed by atoms with Crippen molar-refractivity contribution < 1.29 is 0 Å². The molecule has 0 aromatic heterocycles. The second kappa shape index (κ2) is 19.6. The minimum absolute atomic E-state index is 0.279. The minimum atomic E-state index is -0.279. The Morgan fingerprint density at radius 3 is 0.928 bits per heavy atom. The number of aryl methyl sites for hydroxylation is 4. The predicted octanol–water partition coefficient (Wildman–Crippen LogP) is 18.5. The van der Waals surface area contributed by atoms with Crippen molar-refractivity contribution in [2.45, 2.75) is 46.6 Å². The fourth-order valence-corrected chi connectivity index (χ4v) is 9.34. The Hall–Kier alpha value is -8.20. The van der Waals surface area contributed by atoms with Crippen LogP contribution < -0.4 is 9.80 Å². The Labute approximate surface area is 409 Å². The van der Waals surface area contributed by atoms with E-state index in [2.05, 4.69) is 293 Å². The van der Waals surface area contributed by atoms with Gasteiger partial charge in [0.1, 0.15) is 0 Å². The Balaban J connectivity index is 0.910. The van der Waals surface area contributed by atoms with Crippen molar-refractivity contribution in [1.29, 1.82) is 0 Å². The molecule has 0 saturated heterocycles. The van der Waals surface area contributed by atoms with E-state index < -0.39 is 0 Å². The third kappa shape index (κ3) is 10.1. The molecule has 1 aliphatic rings. The Morgan fingerprint density at radius 2 is 0.609 bits per heavy atom. The molecule has 0 amide bonds. The largest absolute Gasteiger partial charge is 0.332 e. The summed E-state index contributed by atoms with van der Waals surface area (Å²) in [5, 5.41) is 0. The van der Waals surface area contributed by atoms with Gasteiger partial charge in [0.2, 0.25) is 0 Å². The maximum Gasteiger partial charge on any atom is 0.0643 e. The number of allylic oxidation sites excluding steroid dienone is 2. The summed E-state index contributed by atoms with van der Waals surface area (Å²) >= 11 is 0. The average molecular weight is 891 g/mol. The van der Waals surface area contributed by atoms with E-state index in [4.69, 9.17) is 0 Å². The first-order valence-corrected chi connectivity index (χ1v) is 24.1. The van der Waals surface area contributed by atoms with Gasteiger partial charge in [-0.05, 0) is 157 Å². The average Bonchev–Trinajstić information content (AvgIpc) is 3.38. The van der Waals surface area contributed by atoms with E-state index in [-0.39, 0.29) is 5.54 Å². The Bertz CT molecular complexity index is 3160. The lowest BCUT2D eigenvalue weighted by atomic mass is 9.85. The van der Waals surface area contributed by atoms with Gasteiger partial charge < -0.3 is 9.80 Å². The maximum atomic E-state index is 2.49. The summed E-state index contributed by atoms with van der Waals surface area (Å²) < 4.78 is 0. The van der Waals surface area contributed by atoms with Gasteiger partial charge in [-0.15, -0.1) is 0 Å². The Kier molecular flexibility index (Phi) is 12.7. The summed E-state index contributed by atoms with van der Waals surface area (Å²) in [6.45, 7) is 10.9. The van der Waals surface area contributed by atoms with Gasteiger partial charge in [-0.3, -0.25) is 0 Å². The summed E-state index contributed by atoms with van der Waals surface area (Å²) in [7, 11) is 0. The third-order valence-electron chi connectivity index (χ3n) is 13.6. The van der Waals surface area contributed by atoms with Gasteiger partial charge in [-0.25, -0.2) is 0 Å². The highest BCUT2D eigenvalue weighted by Crippen LogP contribution is 2.41. The SMILES string of the molecule is Cc1ccc(C2=CCC(C)(N(c3ccc(/C=C/c4ccc(N(c5ccc(-c6ccc(C)cc6)cc5)c5ccc(-c6ccc(C)cc6)cc5)cc4)cc3)c3ccc(-c4ccc(C)cc4)cc3)C=C2)cc1. The molecule has 69 heavy (non-hydrogen) atoms. The third-order valence-corrected chi connectivity index (χ3v) is 13.6. The maximum absolute atomic E-state index is 2.49. The molecule has 0 N–H and O–H groups in total. The first-order valence-electron chi connectivity index (χ1n) is 24.1. The van der Waals surface area contributed by atoms with E-state index in [0.29, 0.717) is 0 Å². The molecule has 0 spiro atoms. The van der Waals surface area contributed by atoms with E-state index in [0.717, 1.165) is 46.0 Å². The molecule has 1 atom stereocenters. The summed E-state index contributed by atoms with van der Waals surface area (Å²) in [5.74, 6) is 0. The predicted molar refractivity (Wildman–Crippen MR) is 297 cm³/mol. The summed E-state index contributed by atoms with van der Waals surface area (Å²) in [6.07, 6.45) is 12.4. The molecule has 0 fully saturated rings. The number of hydrogen-bond acceptors (Lipinski definition) is 2. The fourth-order valence-electron chi connectivity index (χ4n) is 9.34. The van der Waals surface area contributed by atoms with Crippen LogP contribution in [0.3, 0.4) is 0 Å². The summed E-state index contributed by atoms with van der Waals surface area (Å²) in [6, 6.07) is 79.8. The highest BCUT2D eigenvalue weighted by molar-refractivity contribution is 5.82. The molecule has 9 aromatic carbocycles. The normalized spacial score (nSPS) is 14.4. The second-order valence-corrected chi connectivity index (χ2v) is 18.8. The molecule has 0 aliphatic heterocycles. The van der Waals surface area contributed by atoms with Crippen LogP contribution in [0, 0.1) is 27.7 Å². The summed E-state index contributed by atoms with van der Waals surface area (Å²) in [4.78, 5) is 4.84. The van der Waals surface area contributed by atoms with Crippen molar-refractivity contribution in [2.24, 2.45) is 0 Å². The minimum Gasteiger partial charge on any atom is -0.332 e. The highest BCUT2D eigenvalue weighted by Gasteiger charge is 2.32. The molecule has 2 heteroatoms. The van der Waals surface area contributed by atoms with Crippen LogP contribution >= 0.6 is 0 Å². The van der Waals surface area contributed by atoms with Crippen molar-refractivity contribution in [3.8, 4) is 33.4 Å². The lowest BCUT2D eigenvalue weighted by Crippen LogP contribution is -2.42. The monoisotopic (exact) mass is 890 g/mol. The molecular weight excluding hydrogens is 833 g/mol. The van der Waals surface area contributed by atoms with Gasteiger partial charge in [0, 0.05) is 28.4 Å². The molecule has 1 unspecified atom stereocenters. The van der Waals surface area contributed by atoms with Crippen molar-refractivity contribution >= 4 is 46.2 Å². The molecule has 0 saturated carbocycles. The molecule has 0 heterocycles. The zero-order valence-electron chi connectivity index (χ0n) is 40.3. The summed E-state index contributed by atoms with van der Waals surface area (Å²) in [5.41, 5.74) is 22.5. The standard InChI is InChI=1S/C67H58N2/c1-48-6-20-54(21-7-48)58-28-38-63(39-29-58)68(64-40-30-59(31-41-64)55-22-8-49(2)9-23-55)62-34-16-52(17-35-62)14-15-53-18-36-65(37-19-53)69(66-42-32-60(33-43-66)56-24-10-50(3)11-25-56)67(5)46-44-61(45-47-67)57-26-12-51(4)13-27-57/h6-46H,47H2,1-5H3/b15-14+. The van der Waals surface area contributed by atoms with Crippen LogP contribution in [0.5, 0.6) is 0 Å². The van der Waals surface area contributed by atoms with Crippen LogP contribution in [0.1, 0.15) is 52.3 Å². The number of benzene rings is 9. The molecular formula is C67H58N2. The van der Waals surface area contributed by atoms with E-state index in [9.17, 15) is 0 Å². The zero-order chi connectivity index (χ0) is 47.3. The second-order valence-electron chi connectivity index (χ2n) is 18.8. The molecule has 10 rings (SSSR count). The fraction of sp³-hybridized carbons (Fsp3) is 0.104. The number of nitrogens with zero attached hydrogens (tertiary/aromatic N) is 2. The van der Waals surface area contributed by atoms with Crippen molar-refractivity contribution in [2.75, 3.05) is 9.80 Å². The van der Waals surface area contributed by atoms with E-state index in [1.807, 2.05) is 0 Å². The quantitative estimate of drug-likeness (QED) is 0.113. The molecule has 0 bridgehead atoms. The van der Waals surface area contributed by atoms with Crippen LogP contribution in [0.25, 0.3) is 51.1 Å². The smallest absolute Gasteiger partial charge is 0.0643 e. The van der Waals surface area contributed by atoms with Crippen LogP contribution in [-0.4, -0.2) is 5.54 Å². The van der Waals surface area contributed by atoms with Gasteiger partial charge in [-0.1, -0.05) is 210 Å². The topological polar surface area (TPSA) is 6.48 Å². The number of rotatable bonds is 12. The molecule has 9 aromatic rings. The van der Waals surface area contributed by atoms with Crippen molar-refractivity contribution in [3.63, 3.8) is 0 Å². The van der Waals surface area contributed by atoms with Gasteiger partial charge in [0.25, 0.3) is 0 Å². The number of hydrogen-bond donors (Lipinski definition) is 0. The van der Waals surface area contributed by atoms with Crippen molar-refractivity contribution in [3.05, 3.63) is 276 Å². The first-order chi connectivity index (χ1) is 33.6. The lowest BCUT2D eigenvalue weighted by molar-refractivity contribution is 0.571. The van der Waals surface area contributed by atoms with Crippen LogP contribution in [0.4, 0.5) is 28.4 Å².